The predicted octanol–water partition coefficient (Wildman–Crippen LogP) is 5.25. The van der Waals surface area contributed by atoms with E-state index in [4.69, 9.17) is 0 Å². The lowest BCUT2D eigenvalue weighted by Gasteiger charge is -2.37. The largest absolute Gasteiger partial charge is 0.313 e. The van der Waals surface area contributed by atoms with Crippen molar-refractivity contribution in [3.63, 3.8) is 0 Å². The minimum Gasteiger partial charge on any atom is -0.313 e. The second kappa shape index (κ2) is 8.08. The smallest absolute Gasteiger partial charge is 0.0281 e. The number of nitrogens with one attached hydrogen (secondary N) is 1. The van der Waals surface area contributed by atoms with E-state index in [1.54, 1.807) is 0 Å². The van der Waals surface area contributed by atoms with E-state index in [1.165, 1.54) is 70.8 Å². The summed E-state index contributed by atoms with van der Waals surface area (Å²) >= 11 is 2.13. The van der Waals surface area contributed by atoms with Crippen molar-refractivity contribution in [1.29, 1.82) is 0 Å². The van der Waals surface area contributed by atoms with Gasteiger partial charge in [0.2, 0.25) is 0 Å². The summed E-state index contributed by atoms with van der Waals surface area (Å²) in [5, 5.41) is 3.96. The van der Waals surface area contributed by atoms with Gasteiger partial charge in [-0.2, -0.15) is 11.8 Å². The fourth-order valence-corrected chi connectivity index (χ4v) is 5.11. The lowest BCUT2D eigenvalue weighted by molar-refractivity contribution is 0.329. The van der Waals surface area contributed by atoms with Crippen molar-refractivity contribution in [1.82, 2.24) is 5.32 Å². The Morgan fingerprint density at radius 1 is 1.00 bits per heavy atom. The maximum Gasteiger partial charge on any atom is 0.0281 e. The van der Waals surface area contributed by atoms with Gasteiger partial charge in [0.15, 0.2) is 0 Å². The minimum absolute atomic E-state index is 0.558. The van der Waals surface area contributed by atoms with Crippen LogP contribution < -0.4 is 5.32 Å². The van der Waals surface area contributed by atoms with Gasteiger partial charge in [0.1, 0.15) is 0 Å². The van der Waals surface area contributed by atoms with Crippen LogP contribution in [0.15, 0.2) is 0 Å². The first kappa shape index (κ1) is 16.7. The van der Waals surface area contributed by atoms with Crippen LogP contribution in [-0.2, 0) is 0 Å². The van der Waals surface area contributed by atoms with E-state index in [2.05, 4.69) is 37.2 Å². The fourth-order valence-electron chi connectivity index (χ4n) is 4.18. The van der Waals surface area contributed by atoms with Gasteiger partial charge in [-0.3, -0.25) is 0 Å². The van der Waals surface area contributed by atoms with Crippen molar-refractivity contribution in [2.45, 2.75) is 88.8 Å². The van der Waals surface area contributed by atoms with Crippen molar-refractivity contribution in [3.05, 3.63) is 0 Å². The van der Waals surface area contributed by atoms with E-state index in [1.807, 2.05) is 0 Å². The maximum absolute atomic E-state index is 3.96. The highest BCUT2D eigenvalue weighted by molar-refractivity contribution is 8.00. The highest BCUT2D eigenvalue weighted by Gasteiger charge is 2.31. The molecule has 0 radical (unpaired) electrons. The Bertz CT molecular complexity index is 271. The molecule has 2 unspecified atom stereocenters. The van der Waals surface area contributed by atoms with Gasteiger partial charge in [-0.05, 0) is 50.2 Å². The van der Waals surface area contributed by atoms with Gasteiger partial charge in [0.25, 0.3) is 0 Å². The summed E-state index contributed by atoms with van der Waals surface area (Å²) in [6, 6.07) is 0.796. The second-order valence-electron chi connectivity index (χ2n) is 7.54. The molecule has 0 aromatic carbocycles. The van der Waals surface area contributed by atoms with E-state index < -0.39 is 0 Å². The third-order valence-electron chi connectivity index (χ3n) is 5.87. The van der Waals surface area contributed by atoms with E-state index in [-0.39, 0.29) is 0 Å². The van der Waals surface area contributed by atoms with Crippen LogP contribution in [0.25, 0.3) is 0 Å². The topological polar surface area (TPSA) is 12.0 Å². The summed E-state index contributed by atoms with van der Waals surface area (Å²) in [5.74, 6) is 1.86. The summed E-state index contributed by atoms with van der Waals surface area (Å²) in [4.78, 5) is 0. The molecule has 20 heavy (non-hydrogen) atoms. The summed E-state index contributed by atoms with van der Waals surface area (Å²) < 4.78 is 0.558. The first-order valence-electron chi connectivity index (χ1n) is 8.94. The van der Waals surface area contributed by atoms with Crippen molar-refractivity contribution >= 4 is 11.8 Å². The Kier molecular flexibility index (Phi) is 6.74. The Morgan fingerprint density at radius 2 is 1.75 bits per heavy atom. The zero-order valence-electron chi connectivity index (χ0n) is 13.9. The molecule has 0 saturated heterocycles. The summed E-state index contributed by atoms with van der Waals surface area (Å²) in [6.45, 7) is 6.07. The van der Waals surface area contributed by atoms with E-state index >= 15 is 0 Å². The van der Waals surface area contributed by atoms with Gasteiger partial charge in [-0.15, -0.1) is 0 Å². The Morgan fingerprint density at radius 3 is 2.40 bits per heavy atom. The molecule has 0 amide bonds. The monoisotopic (exact) mass is 297 g/mol. The van der Waals surface area contributed by atoms with Gasteiger partial charge in [0, 0.05) is 17.3 Å². The average Bonchev–Trinajstić information content (AvgIpc) is 2.72. The molecule has 1 N–H and O–H groups in total. The molecule has 0 bridgehead atoms. The molecule has 118 valence electrons. The Labute approximate surface area is 131 Å². The van der Waals surface area contributed by atoms with Crippen molar-refractivity contribution < 1.29 is 0 Å². The maximum atomic E-state index is 3.96. The molecule has 2 aliphatic rings. The third kappa shape index (κ3) is 4.66. The number of hydrogen-bond acceptors (Lipinski definition) is 2. The Balaban J connectivity index is 1.78. The lowest BCUT2D eigenvalue weighted by Crippen LogP contribution is -2.43. The van der Waals surface area contributed by atoms with Crippen LogP contribution in [0, 0.1) is 11.8 Å². The SMILES string of the molecule is CSC1(CNC2CCCC(C(C)C)CC2)CCCCC1. The first-order chi connectivity index (χ1) is 9.65. The van der Waals surface area contributed by atoms with Gasteiger partial charge in [-0.25, -0.2) is 0 Å². The number of hydrogen-bond donors (Lipinski definition) is 1. The summed E-state index contributed by atoms with van der Waals surface area (Å²) in [5.41, 5.74) is 0. The summed E-state index contributed by atoms with van der Waals surface area (Å²) in [6.07, 6.45) is 16.7. The molecule has 2 rings (SSSR count). The molecular weight excluding hydrogens is 262 g/mol. The van der Waals surface area contributed by atoms with Gasteiger partial charge in [0.05, 0.1) is 0 Å². The summed E-state index contributed by atoms with van der Waals surface area (Å²) in [7, 11) is 0. The molecule has 0 aromatic heterocycles. The lowest BCUT2D eigenvalue weighted by atomic mass is 9.87. The van der Waals surface area contributed by atoms with Crippen LogP contribution in [-0.4, -0.2) is 23.6 Å². The molecular formula is C18H35NS. The molecule has 0 spiro atoms. The van der Waals surface area contributed by atoms with Crippen LogP contribution >= 0.6 is 11.8 Å². The highest BCUT2D eigenvalue weighted by atomic mass is 32.2. The standard InChI is InChI=1S/C18H35NS/c1-15(2)16-8-7-9-17(11-10-16)19-14-18(20-3)12-5-4-6-13-18/h15-17,19H,4-14H2,1-3H3. The molecule has 2 heteroatoms. The van der Waals surface area contributed by atoms with Gasteiger partial charge in [-0.1, -0.05) is 46.0 Å². The zero-order valence-corrected chi connectivity index (χ0v) is 14.7. The van der Waals surface area contributed by atoms with Gasteiger partial charge < -0.3 is 5.32 Å². The average molecular weight is 298 g/mol. The van der Waals surface area contributed by atoms with E-state index in [0.29, 0.717) is 4.75 Å². The molecule has 0 heterocycles. The van der Waals surface area contributed by atoms with Gasteiger partial charge >= 0.3 is 0 Å². The molecule has 1 nitrogen and oxygen atoms in total. The number of thioether (sulfide) groups is 1. The Hall–Kier alpha value is 0.310. The molecule has 2 atom stereocenters. The first-order valence-corrected chi connectivity index (χ1v) is 10.2. The molecule has 2 aliphatic carbocycles. The van der Waals surface area contributed by atoms with Crippen LogP contribution in [0.4, 0.5) is 0 Å². The van der Waals surface area contributed by atoms with Crippen LogP contribution in [0.2, 0.25) is 0 Å². The number of rotatable bonds is 5. The molecule has 2 saturated carbocycles. The third-order valence-corrected chi connectivity index (χ3v) is 7.29. The molecule has 0 aliphatic heterocycles. The van der Waals surface area contributed by atoms with Crippen molar-refractivity contribution in [3.8, 4) is 0 Å². The highest BCUT2D eigenvalue weighted by Crippen LogP contribution is 2.38. The van der Waals surface area contributed by atoms with E-state index in [0.717, 1.165) is 17.9 Å². The normalized spacial score (nSPS) is 31.2. The zero-order chi connectivity index (χ0) is 14.4. The molecule has 2 fully saturated rings. The predicted molar refractivity (Wildman–Crippen MR) is 92.5 cm³/mol. The van der Waals surface area contributed by atoms with Crippen LogP contribution in [0.5, 0.6) is 0 Å². The minimum atomic E-state index is 0.558. The molecule has 0 aromatic rings. The van der Waals surface area contributed by atoms with Crippen molar-refractivity contribution in [2.75, 3.05) is 12.8 Å². The van der Waals surface area contributed by atoms with E-state index in [9.17, 15) is 0 Å². The van der Waals surface area contributed by atoms with Crippen LogP contribution in [0.3, 0.4) is 0 Å². The fraction of sp³-hybridized carbons (Fsp3) is 1.00. The quantitative estimate of drug-likeness (QED) is 0.696. The van der Waals surface area contributed by atoms with Crippen LogP contribution in [0.1, 0.15) is 78.1 Å². The second-order valence-corrected chi connectivity index (χ2v) is 8.81. The van der Waals surface area contributed by atoms with Crippen molar-refractivity contribution in [2.24, 2.45) is 11.8 Å².